The molecular formula is C8H13ClN2O2S. The van der Waals surface area contributed by atoms with E-state index in [1.54, 1.807) is 4.57 Å². The molecule has 6 heteroatoms. The zero-order chi connectivity index (χ0) is 10.8. The van der Waals surface area contributed by atoms with Crippen molar-refractivity contribution in [2.24, 2.45) is 0 Å². The van der Waals surface area contributed by atoms with Crippen molar-refractivity contribution in [1.82, 2.24) is 9.55 Å². The first-order valence-electron chi connectivity index (χ1n) is 4.31. The third kappa shape index (κ3) is 2.27. The van der Waals surface area contributed by atoms with Crippen molar-refractivity contribution >= 4 is 21.4 Å². The molecule has 4 nitrogen and oxygen atoms in total. The monoisotopic (exact) mass is 236 g/mol. The number of hydrogen-bond donors (Lipinski definition) is 0. The molecule has 0 aromatic carbocycles. The molecule has 1 aromatic heterocycles. The van der Waals surface area contributed by atoms with Crippen LogP contribution in [0.3, 0.4) is 0 Å². The highest BCUT2D eigenvalue weighted by Crippen LogP contribution is 2.13. The molecule has 0 amide bonds. The first-order valence-corrected chi connectivity index (χ1v) is 6.73. The first kappa shape index (κ1) is 11.5. The Labute approximate surface area is 88.8 Å². The van der Waals surface area contributed by atoms with Crippen LogP contribution in [0.1, 0.15) is 19.0 Å². The number of sulfone groups is 1. The fraction of sp³-hybridized carbons (Fsp3) is 0.625. The highest BCUT2D eigenvalue weighted by atomic mass is 35.5. The average molecular weight is 237 g/mol. The third-order valence-corrected chi connectivity index (χ3v) is 3.08. The van der Waals surface area contributed by atoms with Crippen LogP contribution in [0.2, 0.25) is 0 Å². The lowest BCUT2D eigenvalue weighted by Crippen LogP contribution is -2.11. The standard InChI is InChI=1S/C8H13ClN2O2S/c1-3-4-11-7(5-9)6-10-8(11)14(2,12)13/h6H,3-5H2,1-2H3. The predicted molar refractivity (Wildman–Crippen MR) is 55.2 cm³/mol. The number of rotatable bonds is 4. The zero-order valence-corrected chi connectivity index (χ0v) is 9.77. The molecular weight excluding hydrogens is 224 g/mol. The van der Waals surface area contributed by atoms with Crippen molar-refractivity contribution in [3.8, 4) is 0 Å². The Bertz CT molecular complexity index is 411. The van der Waals surface area contributed by atoms with Crippen LogP contribution in [-0.4, -0.2) is 24.2 Å². The van der Waals surface area contributed by atoms with Gasteiger partial charge < -0.3 is 4.57 Å². The van der Waals surface area contributed by atoms with E-state index in [1.165, 1.54) is 6.20 Å². The molecule has 0 radical (unpaired) electrons. The number of nitrogens with zero attached hydrogens (tertiary/aromatic N) is 2. The molecule has 0 N–H and O–H groups in total. The summed E-state index contributed by atoms with van der Waals surface area (Å²) in [6.45, 7) is 2.61. The summed E-state index contributed by atoms with van der Waals surface area (Å²) in [7, 11) is -3.25. The van der Waals surface area contributed by atoms with Gasteiger partial charge in [0.1, 0.15) is 0 Å². The van der Waals surface area contributed by atoms with Crippen molar-refractivity contribution in [3.63, 3.8) is 0 Å². The summed E-state index contributed by atoms with van der Waals surface area (Å²) >= 11 is 5.68. The van der Waals surface area contributed by atoms with Gasteiger partial charge in [0.25, 0.3) is 0 Å². The fourth-order valence-corrected chi connectivity index (χ4v) is 2.32. The van der Waals surface area contributed by atoms with Crippen LogP contribution >= 0.6 is 11.6 Å². The summed E-state index contributed by atoms with van der Waals surface area (Å²) in [5.41, 5.74) is 0.744. The molecule has 0 aliphatic rings. The molecule has 1 rings (SSSR count). The molecule has 0 fully saturated rings. The van der Waals surface area contributed by atoms with Crippen LogP contribution in [0.15, 0.2) is 11.4 Å². The Morgan fingerprint density at radius 3 is 2.64 bits per heavy atom. The van der Waals surface area contributed by atoms with Crippen LogP contribution in [0.5, 0.6) is 0 Å². The second kappa shape index (κ2) is 4.31. The average Bonchev–Trinajstić information content (AvgIpc) is 2.47. The van der Waals surface area contributed by atoms with Crippen LogP contribution in [0.25, 0.3) is 0 Å². The van der Waals surface area contributed by atoms with E-state index in [2.05, 4.69) is 4.98 Å². The van der Waals surface area contributed by atoms with Crippen molar-refractivity contribution in [2.45, 2.75) is 30.9 Å². The van der Waals surface area contributed by atoms with Gasteiger partial charge in [0.2, 0.25) is 15.0 Å². The quantitative estimate of drug-likeness (QED) is 0.744. The topological polar surface area (TPSA) is 52.0 Å². The molecule has 1 heterocycles. The van der Waals surface area contributed by atoms with Crippen LogP contribution < -0.4 is 0 Å². The van der Waals surface area contributed by atoms with E-state index in [0.717, 1.165) is 18.4 Å². The molecule has 0 aliphatic heterocycles. The smallest absolute Gasteiger partial charge is 0.227 e. The fourth-order valence-electron chi connectivity index (χ4n) is 1.26. The van der Waals surface area contributed by atoms with Gasteiger partial charge in [-0.05, 0) is 6.42 Å². The van der Waals surface area contributed by atoms with Gasteiger partial charge in [-0.3, -0.25) is 0 Å². The third-order valence-electron chi connectivity index (χ3n) is 1.82. The zero-order valence-electron chi connectivity index (χ0n) is 8.20. The molecule has 0 saturated heterocycles. The maximum absolute atomic E-state index is 11.3. The molecule has 0 spiro atoms. The summed E-state index contributed by atoms with van der Waals surface area (Å²) in [5.74, 6) is 0.280. The van der Waals surface area contributed by atoms with Crippen LogP contribution in [-0.2, 0) is 22.3 Å². The Kier molecular flexibility index (Phi) is 3.55. The second-order valence-electron chi connectivity index (χ2n) is 3.09. The molecule has 1 aromatic rings. The normalized spacial score (nSPS) is 11.9. The number of imidazole rings is 1. The van der Waals surface area contributed by atoms with E-state index < -0.39 is 9.84 Å². The van der Waals surface area contributed by atoms with Crippen molar-refractivity contribution in [2.75, 3.05) is 6.26 Å². The summed E-state index contributed by atoms with van der Waals surface area (Å²) in [4.78, 5) is 3.87. The van der Waals surface area contributed by atoms with Gasteiger partial charge in [-0.25, -0.2) is 13.4 Å². The predicted octanol–water partition coefficient (Wildman–Crippen LogP) is 1.44. The van der Waals surface area contributed by atoms with Crippen molar-refractivity contribution in [3.05, 3.63) is 11.9 Å². The summed E-state index contributed by atoms with van der Waals surface area (Å²) in [6.07, 6.45) is 3.52. The molecule has 0 saturated carbocycles. The maximum atomic E-state index is 11.3. The molecule has 0 atom stereocenters. The van der Waals surface area contributed by atoms with Crippen LogP contribution in [0, 0.1) is 0 Å². The summed E-state index contributed by atoms with van der Waals surface area (Å²) in [5, 5.41) is 0.106. The van der Waals surface area contributed by atoms with Gasteiger partial charge in [-0.1, -0.05) is 6.92 Å². The summed E-state index contributed by atoms with van der Waals surface area (Å²) in [6, 6.07) is 0. The summed E-state index contributed by atoms with van der Waals surface area (Å²) < 4.78 is 24.3. The molecule has 0 unspecified atom stereocenters. The van der Waals surface area contributed by atoms with Crippen molar-refractivity contribution in [1.29, 1.82) is 0 Å². The van der Waals surface area contributed by atoms with Gasteiger partial charge in [-0.15, -0.1) is 11.6 Å². The van der Waals surface area contributed by atoms with E-state index in [9.17, 15) is 8.42 Å². The van der Waals surface area contributed by atoms with E-state index in [-0.39, 0.29) is 11.0 Å². The SMILES string of the molecule is CCCn1c(CCl)cnc1S(C)(=O)=O. The number of aromatic nitrogens is 2. The highest BCUT2D eigenvalue weighted by Gasteiger charge is 2.17. The van der Waals surface area contributed by atoms with E-state index in [4.69, 9.17) is 11.6 Å². The van der Waals surface area contributed by atoms with E-state index in [0.29, 0.717) is 6.54 Å². The Hall–Kier alpha value is -0.550. The van der Waals surface area contributed by atoms with Crippen molar-refractivity contribution < 1.29 is 8.42 Å². The minimum Gasteiger partial charge on any atom is -0.318 e. The molecule has 80 valence electrons. The first-order chi connectivity index (χ1) is 6.50. The van der Waals surface area contributed by atoms with E-state index >= 15 is 0 Å². The maximum Gasteiger partial charge on any atom is 0.227 e. The lowest BCUT2D eigenvalue weighted by Gasteiger charge is -2.07. The Balaban J connectivity index is 3.24. The van der Waals surface area contributed by atoms with Gasteiger partial charge in [0, 0.05) is 12.8 Å². The Morgan fingerprint density at radius 1 is 1.57 bits per heavy atom. The minimum atomic E-state index is -3.25. The lowest BCUT2D eigenvalue weighted by molar-refractivity contribution is 0.555. The number of halogens is 1. The van der Waals surface area contributed by atoms with E-state index in [1.807, 2.05) is 6.92 Å². The molecule has 14 heavy (non-hydrogen) atoms. The lowest BCUT2D eigenvalue weighted by atomic mass is 10.4. The number of hydrogen-bond acceptors (Lipinski definition) is 3. The van der Waals surface area contributed by atoms with Gasteiger partial charge in [-0.2, -0.15) is 0 Å². The molecule has 0 aliphatic carbocycles. The van der Waals surface area contributed by atoms with Gasteiger partial charge >= 0.3 is 0 Å². The second-order valence-corrected chi connectivity index (χ2v) is 5.27. The van der Waals surface area contributed by atoms with Crippen LogP contribution in [0.4, 0.5) is 0 Å². The Morgan fingerprint density at radius 2 is 2.21 bits per heavy atom. The molecule has 0 bridgehead atoms. The largest absolute Gasteiger partial charge is 0.318 e. The highest BCUT2D eigenvalue weighted by molar-refractivity contribution is 7.90. The minimum absolute atomic E-state index is 0.106. The number of alkyl halides is 1. The van der Waals surface area contributed by atoms with Gasteiger partial charge in [0.15, 0.2) is 0 Å². The van der Waals surface area contributed by atoms with Gasteiger partial charge in [0.05, 0.1) is 17.8 Å².